The highest BCUT2D eigenvalue weighted by Gasteiger charge is 2.24. The van der Waals surface area contributed by atoms with Crippen LogP contribution in [0.3, 0.4) is 0 Å². The van der Waals surface area contributed by atoms with Crippen molar-refractivity contribution in [2.75, 3.05) is 25.0 Å². The first-order valence-corrected chi connectivity index (χ1v) is 7.86. The van der Waals surface area contributed by atoms with Crippen LogP contribution < -0.4 is 10.1 Å². The fraction of sp³-hybridized carbons (Fsp3) is 0.538. The molecule has 1 saturated heterocycles. The first-order valence-electron chi connectivity index (χ1n) is 7.04. The van der Waals surface area contributed by atoms with Crippen LogP contribution in [0, 0.1) is 0 Å². The smallest absolute Gasteiger partial charge is 0.294 e. The predicted octanol–water partition coefficient (Wildman–Crippen LogP) is 1.41. The van der Waals surface area contributed by atoms with E-state index in [0.29, 0.717) is 23.8 Å². The van der Waals surface area contributed by atoms with Gasteiger partial charge in [0.2, 0.25) is 5.95 Å². The Balaban J connectivity index is 1.50. The molecule has 0 aliphatic carbocycles. The Hall–Kier alpha value is -1.80. The normalized spacial score (nSPS) is 18.8. The van der Waals surface area contributed by atoms with E-state index >= 15 is 0 Å². The van der Waals surface area contributed by atoms with Crippen molar-refractivity contribution in [2.45, 2.75) is 25.9 Å². The number of aromatic nitrogens is 4. The highest BCUT2D eigenvalue weighted by molar-refractivity contribution is 7.13. The zero-order chi connectivity index (χ0) is 14.5. The molecule has 1 N–H and O–H groups in total. The molecule has 1 atom stereocenters. The summed E-state index contributed by atoms with van der Waals surface area (Å²) in [6.45, 7) is 5.39. The summed E-state index contributed by atoms with van der Waals surface area (Å²) in [6, 6.07) is 2.20. The second kappa shape index (κ2) is 6.77. The topological polar surface area (TPSA) is 76.1 Å². The summed E-state index contributed by atoms with van der Waals surface area (Å²) in [4.78, 5) is 10.8. The van der Waals surface area contributed by atoms with Gasteiger partial charge in [-0.05, 0) is 19.4 Å². The fourth-order valence-electron chi connectivity index (χ4n) is 2.33. The Morgan fingerprint density at radius 3 is 3.05 bits per heavy atom. The number of anilines is 1. The van der Waals surface area contributed by atoms with E-state index in [4.69, 9.17) is 4.74 Å². The quantitative estimate of drug-likeness (QED) is 0.864. The van der Waals surface area contributed by atoms with Crippen molar-refractivity contribution >= 4 is 17.3 Å². The lowest BCUT2D eigenvalue weighted by molar-refractivity contribution is 0.325. The minimum absolute atomic E-state index is 0.381. The van der Waals surface area contributed by atoms with Crippen molar-refractivity contribution in [1.29, 1.82) is 0 Å². The van der Waals surface area contributed by atoms with Gasteiger partial charge in [-0.3, -0.25) is 4.90 Å². The van der Waals surface area contributed by atoms with Crippen LogP contribution in [0.4, 0.5) is 5.95 Å². The van der Waals surface area contributed by atoms with Gasteiger partial charge in [-0.15, -0.1) is 10.2 Å². The third-order valence-electron chi connectivity index (χ3n) is 3.25. The van der Waals surface area contributed by atoms with Crippen molar-refractivity contribution in [3.8, 4) is 5.19 Å². The third-order valence-corrected chi connectivity index (χ3v) is 4.07. The predicted molar refractivity (Wildman–Crippen MR) is 80.4 cm³/mol. The average Bonchev–Trinajstić information content (AvgIpc) is 3.11. The number of hydrogen-bond donors (Lipinski definition) is 1. The van der Waals surface area contributed by atoms with Crippen LogP contribution in [0.2, 0.25) is 0 Å². The van der Waals surface area contributed by atoms with Crippen LogP contribution in [0.5, 0.6) is 5.19 Å². The number of ether oxygens (including phenoxy) is 1. The Morgan fingerprint density at radius 2 is 2.24 bits per heavy atom. The zero-order valence-corrected chi connectivity index (χ0v) is 12.7. The SMILES string of the molecule is CCOc1nnc(CN2CCC(Nc3ncccn3)C2)s1. The summed E-state index contributed by atoms with van der Waals surface area (Å²) in [6.07, 6.45) is 4.58. The van der Waals surface area contributed by atoms with Gasteiger partial charge in [-0.2, -0.15) is 0 Å². The molecule has 0 saturated carbocycles. The standard InChI is InChI=1S/C13H18N6OS/c1-2-20-13-18-17-11(21-13)9-19-7-4-10(8-19)16-12-14-5-3-6-15-12/h3,5-6,10H,2,4,7-9H2,1H3,(H,14,15,16). The molecule has 2 aromatic rings. The molecular formula is C13H18N6OS. The molecule has 0 amide bonds. The zero-order valence-electron chi connectivity index (χ0n) is 11.9. The van der Waals surface area contributed by atoms with Gasteiger partial charge in [0.1, 0.15) is 5.01 Å². The molecule has 3 heterocycles. The molecule has 1 aliphatic rings. The van der Waals surface area contributed by atoms with Crippen LogP contribution in [0.25, 0.3) is 0 Å². The largest absolute Gasteiger partial charge is 0.469 e. The third kappa shape index (κ3) is 3.85. The molecule has 1 aliphatic heterocycles. The lowest BCUT2D eigenvalue weighted by Crippen LogP contribution is -2.26. The summed E-state index contributed by atoms with van der Waals surface area (Å²) >= 11 is 1.52. The summed E-state index contributed by atoms with van der Waals surface area (Å²) < 4.78 is 5.35. The summed E-state index contributed by atoms with van der Waals surface area (Å²) in [5.41, 5.74) is 0. The highest BCUT2D eigenvalue weighted by atomic mass is 32.1. The van der Waals surface area contributed by atoms with E-state index in [1.807, 2.05) is 13.0 Å². The molecule has 8 heteroatoms. The first-order chi connectivity index (χ1) is 10.3. The van der Waals surface area contributed by atoms with E-state index in [2.05, 4.69) is 30.4 Å². The Kier molecular flexibility index (Phi) is 4.56. The molecule has 0 aromatic carbocycles. The minimum Gasteiger partial charge on any atom is -0.469 e. The molecule has 2 aromatic heterocycles. The van der Waals surface area contributed by atoms with Crippen LogP contribution in [-0.2, 0) is 6.54 Å². The molecule has 0 bridgehead atoms. The van der Waals surface area contributed by atoms with Crippen molar-refractivity contribution in [3.63, 3.8) is 0 Å². The van der Waals surface area contributed by atoms with Gasteiger partial charge < -0.3 is 10.1 Å². The molecule has 0 spiro atoms. The van der Waals surface area contributed by atoms with Crippen LogP contribution >= 0.6 is 11.3 Å². The first kappa shape index (κ1) is 14.2. The maximum absolute atomic E-state index is 5.35. The van der Waals surface area contributed by atoms with Gasteiger partial charge >= 0.3 is 0 Å². The molecule has 1 fully saturated rings. The molecule has 7 nitrogen and oxygen atoms in total. The number of hydrogen-bond acceptors (Lipinski definition) is 8. The van der Waals surface area contributed by atoms with Crippen LogP contribution in [0.1, 0.15) is 18.4 Å². The second-order valence-electron chi connectivity index (χ2n) is 4.83. The lowest BCUT2D eigenvalue weighted by atomic mass is 10.3. The van der Waals surface area contributed by atoms with E-state index in [9.17, 15) is 0 Å². The summed E-state index contributed by atoms with van der Waals surface area (Å²) in [5.74, 6) is 0.693. The lowest BCUT2D eigenvalue weighted by Gasteiger charge is -2.14. The van der Waals surface area contributed by atoms with Gasteiger partial charge in [0, 0.05) is 31.5 Å². The van der Waals surface area contributed by atoms with Crippen molar-refractivity contribution in [2.24, 2.45) is 0 Å². The van der Waals surface area contributed by atoms with Gasteiger partial charge in [0.05, 0.1) is 13.2 Å². The van der Waals surface area contributed by atoms with Crippen LogP contribution in [0.15, 0.2) is 18.5 Å². The molecular weight excluding hydrogens is 288 g/mol. The molecule has 0 radical (unpaired) electrons. The van der Waals surface area contributed by atoms with Gasteiger partial charge in [-0.25, -0.2) is 9.97 Å². The monoisotopic (exact) mass is 306 g/mol. The van der Waals surface area contributed by atoms with Gasteiger partial charge in [-0.1, -0.05) is 11.3 Å². The molecule has 3 rings (SSSR count). The van der Waals surface area contributed by atoms with E-state index in [1.165, 1.54) is 11.3 Å². The second-order valence-corrected chi connectivity index (χ2v) is 5.86. The molecule has 1 unspecified atom stereocenters. The Labute approximate surface area is 127 Å². The van der Waals surface area contributed by atoms with Crippen molar-refractivity contribution in [3.05, 3.63) is 23.5 Å². The van der Waals surface area contributed by atoms with E-state index < -0.39 is 0 Å². The number of rotatable bonds is 6. The van der Waals surface area contributed by atoms with E-state index in [-0.39, 0.29) is 0 Å². The number of nitrogens with zero attached hydrogens (tertiary/aromatic N) is 5. The van der Waals surface area contributed by atoms with E-state index in [0.717, 1.165) is 31.1 Å². The maximum atomic E-state index is 5.35. The van der Waals surface area contributed by atoms with Crippen LogP contribution in [-0.4, -0.2) is 50.8 Å². The van der Waals surface area contributed by atoms with Crippen molar-refractivity contribution in [1.82, 2.24) is 25.1 Å². The van der Waals surface area contributed by atoms with E-state index in [1.54, 1.807) is 12.4 Å². The maximum Gasteiger partial charge on any atom is 0.294 e. The average molecular weight is 306 g/mol. The van der Waals surface area contributed by atoms with Crippen molar-refractivity contribution < 1.29 is 4.74 Å². The summed E-state index contributed by atoms with van der Waals surface area (Å²) in [5, 5.41) is 13.2. The highest BCUT2D eigenvalue weighted by Crippen LogP contribution is 2.21. The molecule has 112 valence electrons. The van der Waals surface area contributed by atoms with Gasteiger partial charge in [0.25, 0.3) is 5.19 Å². The van der Waals surface area contributed by atoms with Gasteiger partial charge in [0.15, 0.2) is 0 Å². The molecule has 21 heavy (non-hydrogen) atoms. The summed E-state index contributed by atoms with van der Waals surface area (Å²) in [7, 11) is 0. The number of nitrogens with one attached hydrogen (secondary N) is 1. The minimum atomic E-state index is 0.381. The Bertz CT molecular complexity index is 563. The fourth-order valence-corrected chi connectivity index (χ4v) is 3.11. The number of likely N-dealkylation sites (tertiary alicyclic amines) is 1. The Morgan fingerprint density at radius 1 is 1.38 bits per heavy atom.